The largest absolute Gasteiger partial charge is 0.493 e. The average Bonchev–Trinajstić information content (AvgIpc) is 3.67. The van der Waals surface area contributed by atoms with E-state index in [4.69, 9.17) is 14.2 Å². The maximum absolute atomic E-state index is 13.0. The number of fused-ring (bicyclic) bond motifs is 2. The standard InChI is InChI=1S/C34H41N7O6/c1-23-19-27-28(35-21-25-5-3-11-41(25)34(27)44)20-29(23)47-15-4-6-31(42)37-30-22-39(2)32(38-30)33(43)36-24-7-9-26(10-8-24)46-18-14-40-12-16-45-17-13-40/h7-10,19-22,25H,3-6,11-18H2,1-2H3,(H,36,43)(H,37,42)/t25-/m0/s1. The van der Waals surface area contributed by atoms with Crippen molar-refractivity contribution in [2.75, 3.05) is 63.2 Å². The fraction of sp³-hybridized carbons (Fsp3) is 0.441. The van der Waals surface area contributed by atoms with Gasteiger partial charge in [0.2, 0.25) is 11.7 Å². The van der Waals surface area contributed by atoms with E-state index in [9.17, 15) is 14.4 Å². The van der Waals surface area contributed by atoms with E-state index >= 15 is 0 Å². The van der Waals surface area contributed by atoms with Gasteiger partial charge >= 0.3 is 0 Å². The molecule has 1 aromatic heterocycles. The predicted octanol–water partition coefficient (Wildman–Crippen LogP) is 3.81. The first-order valence-corrected chi connectivity index (χ1v) is 16.1. The summed E-state index contributed by atoms with van der Waals surface area (Å²) in [4.78, 5) is 51.6. The lowest BCUT2D eigenvalue weighted by Crippen LogP contribution is -2.38. The quantitative estimate of drug-likeness (QED) is 0.284. The predicted molar refractivity (Wildman–Crippen MR) is 177 cm³/mol. The Kier molecular flexibility index (Phi) is 10.1. The molecule has 0 radical (unpaired) electrons. The number of morpholine rings is 1. The Hall–Kier alpha value is -4.75. The van der Waals surface area contributed by atoms with Crippen LogP contribution in [0, 0.1) is 6.92 Å². The van der Waals surface area contributed by atoms with Gasteiger partial charge in [-0.15, -0.1) is 0 Å². The average molecular weight is 644 g/mol. The topological polar surface area (TPSA) is 140 Å². The number of rotatable bonds is 12. The first kappa shape index (κ1) is 32.2. The van der Waals surface area contributed by atoms with E-state index in [-0.39, 0.29) is 35.9 Å². The van der Waals surface area contributed by atoms with Gasteiger partial charge in [-0.2, -0.15) is 0 Å². The van der Waals surface area contributed by atoms with Crippen LogP contribution in [0.3, 0.4) is 0 Å². The van der Waals surface area contributed by atoms with Gasteiger partial charge in [0.1, 0.15) is 18.1 Å². The fourth-order valence-corrected chi connectivity index (χ4v) is 5.93. The van der Waals surface area contributed by atoms with Crippen LogP contribution in [-0.4, -0.2) is 102 Å². The number of carbonyl (C=O) groups is 3. The van der Waals surface area contributed by atoms with Gasteiger partial charge in [-0.1, -0.05) is 0 Å². The Labute approximate surface area is 273 Å². The smallest absolute Gasteiger partial charge is 0.291 e. The third-order valence-corrected chi connectivity index (χ3v) is 8.51. The molecule has 3 amide bonds. The molecule has 13 heteroatoms. The van der Waals surface area contributed by atoms with Gasteiger partial charge in [0.05, 0.1) is 37.1 Å². The number of amides is 3. The van der Waals surface area contributed by atoms with Crippen LogP contribution in [0.5, 0.6) is 11.5 Å². The highest BCUT2D eigenvalue weighted by Gasteiger charge is 2.32. The third kappa shape index (κ3) is 7.98. The minimum atomic E-state index is -0.398. The van der Waals surface area contributed by atoms with E-state index in [1.165, 1.54) is 0 Å². The monoisotopic (exact) mass is 643 g/mol. The first-order valence-electron chi connectivity index (χ1n) is 16.1. The van der Waals surface area contributed by atoms with Crippen molar-refractivity contribution in [1.82, 2.24) is 19.4 Å². The van der Waals surface area contributed by atoms with Crippen molar-refractivity contribution in [3.63, 3.8) is 0 Å². The van der Waals surface area contributed by atoms with Gasteiger partial charge in [0, 0.05) is 63.8 Å². The van der Waals surface area contributed by atoms with Gasteiger partial charge in [-0.05, 0) is 62.1 Å². The number of aryl methyl sites for hydroxylation is 2. The molecule has 13 nitrogen and oxygen atoms in total. The Bertz CT molecular complexity index is 1630. The van der Waals surface area contributed by atoms with Crippen molar-refractivity contribution in [1.29, 1.82) is 0 Å². The SMILES string of the molecule is Cc1cc2c(cc1OCCCC(=O)Nc1cn(C)c(C(=O)Nc3ccc(OCCN4CCOCC4)cc3)n1)N=C[C@@H]1CCCN1C2=O. The molecule has 0 aliphatic carbocycles. The second kappa shape index (κ2) is 14.8. The zero-order valence-electron chi connectivity index (χ0n) is 26.9. The molecule has 4 heterocycles. The molecule has 1 atom stereocenters. The second-order valence-corrected chi connectivity index (χ2v) is 12.0. The zero-order valence-corrected chi connectivity index (χ0v) is 26.9. The van der Waals surface area contributed by atoms with Crippen molar-refractivity contribution < 1.29 is 28.6 Å². The zero-order chi connectivity index (χ0) is 32.8. The molecule has 0 unspecified atom stereocenters. The number of nitrogens with zero attached hydrogens (tertiary/aromatic N) is 5. The van der Waals surface area contributed by atoms with Crippen molar-refractivity contribution >= 4 is 41.1 Å². The lowest BCUT2D eigenvalue weighted by Gasteiger charge is -2.26. The summed E-state index contributed by atoms with van der Waals surface area (Å²) in [5.74, 6) is 1.19. The van der Waals surface area contributed by atoms with E-state index < -0.39 is 5.91 Å². The van der Waals surface area contributed by atoms with Gasteiger partial charge in [0.25, 0.3) is 11.8 Å². The molecule has 0 bridgehead atoms. The van der Waals surface area contributed by atoms with E-state index in [0.717, 1.165) is 63.5 Å². The number of carbonyl (C=O) groups excluding carboxylic acids is 3. The summed E-state index contributed by atoms with van der Waals surface area (Å²) in [5.41, 5.74) is 2.65. The third-order valence-electron chi connectivity index (χ3n) is 8.51. The van der Waals surface area contributed by atoms with E-state index in [1.807, 2.05) is 36.2 Å². The molecule has 2 fully saturated rings. The molecule has 0 spiro atoms. The molecule has 248 valence electrons. The summed E-state index contributed by atoms with van der Waals surface area (Å²) in [6.45, 7) is 7.72. The van der Waals surface area contributed by atoms with Crippen LogP contribution >= 0.6 is 0 Å². The number of aromatic nitrogens is 2. The Morgan fingerprint density at radius 3 is 2.66 bits per heavy atom. The lowest BCUT2D eigenvalue weighted by molar-refractivity contribution is -0.116. The van der Waals surface area contributed by atoms with Crippen molar-refractivity contribution in [3.05, 3.63) is 59.5 Å². The normalized spacial score (nSPS) is 17.5. The lowest BCUT2D eigenvalue weighted by atomic mass is 10.1. The Balaban J connectivity index is 0.939. The van der Waals surface area contributed by atoms with Gasteiger partial charge in [-0.25, -0.2) is 4.98 Å². The summed E-state index contributed by atoms with van der Waals surface area (Å²) in [7, 11) is 1.70. The van der Waals surface area contributed by atoms with E-state index in [0.29, 0.717) is 42.3 Å². The number of ether oxygens (including phenoxy) is 3. The summed E-state index contributed by atoms with van der Waals surface area (Å²) in [5, 5.41) is 5.60. The van der Waals surface area contributed by atoms with Crippen molar-refractivity contribution in [2.45, 2.75) is 38.6 Å². The van der Waals surface area contributed by atoms with Gasteiger partial charge < -0.3 is 34.3 Å². The van der Waals surface area contributed by atoms with Crippen LogP contribution in [0.15, 0.2) is 47.6 Å². The Morgan fingerprint density at radius 2 is 1.85 bits per heavy atom. The number of aliphatic imine (C=N–C) groups is 1. The number of hydrogen-bond acceptors (Lipinski definition) is 9. The van der Waals surface area contributed by atoms with Crippen molar-refractivity contribution in [3.8, 4) is 11.5 Å². The molecule has 3 aromatic rings. The van der Waals surface area contributed by atoms with Crippen LogP contribution in [-0.2, 0) is 16.6 Å². The minimum absolute atomic E-state index is 0.0106. The molecule has 3 aliphatic rings. The molecule has 6 rings (SSSR count). The maximum atomic E-state index is 13.0. The second-order valence-electron chi connectivity index (χ2n) is 12.0. The van der Waals surface area contributed by atoms with Crippen LogP contribution in [0.4, 0.5) is 17.2 Å². The minimum Gasteiger partial charge on any atom is -0.493 e. The van der Waals surface area contributed by atoms with E-state index in [2.05, 4.69) is 25.5 Å². The molecule has 47 heavy (non-hydrogen) atoms. The number of benzene rings is 2. The molecular formula is C34H41N7O6. The molecule has 3 aliphatic heterocycles. The Morgan fingerprint density at radius 1 is 1.04 bits per heavy atom. The number of anilines is 2. The summed E-state index contributed by atoms with van der Waals surface area (Å²) >= 11 is 0. The molecule has 2 aromatic carbocycles. The van der Waals surface area contributed by atoms with Crippen LogP contribution in [0.2, 0.25) is 0 Å². The van der Waals surface area contributed by atoms with Gasteiger partial charge in [0.15, 0.2) is 5.82 Å². The first-order chi connectivity index (χ1) is 22.8. The number of imidazole rings is 1. The molecule has 0 saturated carbocycles. The summed E-state index contributed by atoms with van der Waals surface area (Å²) in [6.07, 6.45) is 6.05. The van der Waals surface area contributed by atoms with Gasteiger partial charge in [-0.3, -0.25) is 24.3 Å². The summed E-state index contributed by atoms with van der Waals surface area (Å²) in [6, 6.07) is 10.9. The van der Waals surface area contributed by atoms with Crippen molar-refractivity contribution in [2.24, 2.45) is 12.0 Å². The molecule has 2 saturated heterocycles. The summed E-state index contributed by atoms with van der Waals surface area (Å²) < 4.78 is 18.7. The highest BCUT2D eigenvalue weighted by atomic mass is 16.5. The van der Waals surface area contributed by atoms with E-state index in [1.54, 1.807) is 36.0 Å². The highest BCUT2D eigenvalue weighted by molar-refractivity contribution is 6.03. The number of nitrogens with one attached hydrogen (secondary N) is 2. The fourth-order valence-electron chi connectivity index (χ4n) is 5.93. The molecular weight excluding hydrogens is 602 g/mol. The highest BCUT2D eigenvalue weighted by Crippen LogP contribution is 2.34. The number of hydrogen-bond donors (Lipinski definition) is 2. The van der Waals surface area contributed by atoms with Crippen LogP contribution < -0.4 is 20.1 Å². The maximum Gasteiger partial charge on any atom is 0.291 e. The van der Waals surface area contributed by atoms with Crippen LogP contribution in [0.25, 0.3) is 0 Å². The van der Waals surface area contributed by atoms with Crippen LogP contribution in [0.1, 0.15) is 52.2 Å². The molecule has 2 N–H and O–H groups in total.